The van der Waals surface area contributed by atoms with Crippen LogP contribution in [-0.2, 0) is 9.59 Å². The zero-order valence-electron chi connectivity index (χ0n) is 12.2. The van der Waals surface area contributed by atoms with Gasteiger partial charge in [0.05, 0.1) is 5.02 Å². The second-order valence-electron chi connectivity index (χ2n) is 5.07. The van der Waals surface area contributed by atoms with E-state index in [4.69, 9.17) is 36.1 Å². The summed E-state index contributed by atoms with van der Waals surface area (Å²) in [7, 11) is 0. The molecular weight excluding hydrogens is 298 g/mol. The van der Waals surface area contributed by atoms with E-state index in [0.717, 1.165) is 12.3 Å². The molecule has 0 atom stereocenters. The number of hydrogen-bond acceptors (Lipinski definition) is 4. The first kappa shape index (κ1) is 19.2. The van der Waals surface area contributed by atoms with Gasteiger partial charge in [0, 0.05) is 12.1 Å². The van der Waals surface area contributed by atoms with E-state index in [1.807, 2.05) is 24.3 Å². The molecule has 0 saturated heterocycles. The molecule has 21 heavy (non-hydrogen) atoms. The lowest BCUT2D eigenvalue weighted by molar-refractivity contribution is -0.159. The lowest BCUT2D eigenvalue weighted by Gasteiger charge is -2.20. The predicted molar refractivity (Wildman–Crippen MR) is 80.0 cm³/mol. The standard InChI is InChI=1S/C12H18ClNO.C2H2O4/c1-12(2,3)14-8-9-15-11-7-5-4-6-10(11)13;3-1(4)2(5)6/h4-7,14H,8-9H2,1-3H3;(H,3,4)(H,5,6). The van der Waals surface area contributed by atoms with E-state index in [0.29, 0.717) is 11.6 Å². The number of rotatable bonds is 4. The van der Waals surface area contributed by atoms with Crippen LogP contribution in [0.1, 0.15) is 20.8 Å². The SMILES string of the molecule is CC(C)(C)NCCOc1ccccc1Cl.O=C(O)C(=O)O. The van der Waals surface area contributed by atoms with Gasteiger partial charge in [0.25, 0.3) is 0 Å². The Balaban J connectivity index is 0.000000567. The van der Waals surface area contributed by atoms with Crippen molar-refractivity contribution >= 4 is 23.5 Å². The minimum absolute atomic E-state index is 0.129. The zero-order chi connectivity index (χ0) is 16.5. The number of nitrogens with one attached hydrogen (secondary N) is 1. The number of ether oxygens (including phenoxy) is 1. The lowest BCUT2D eigenvalue weighted by Crippen LogP contribution is -2.38. The van der Waals surface area contributed by atoms with Gasteiger partial charge in [0.15, 0.2) is 0 Å². The summed E-state index contributed by atoms with van der Waals surface area (Å²) in [6, 6.07) is 7.51. The minimum Gasteiger partial charge on any atom is -0.491 e. The van der Waals surface area contributed by atoms with Crippen molar-refractivity contribution in [3.05, 3.63) is 29.3 Å². The Morgan fingerprint density at radius 3 is 2.14 bits per heavy atom. The number of carboxylic acids is 2. The average molecular weight is 318 g/mol. The minimum atomic E-state index is -1.82. The van der Waals surface area contributed by atoms with Crippen molar-refractivity contribution in [3.8, 4) is 5.75 Å². The highest BCUT2D eigenvalue weighted by Gasteiger charge is 2.07. The lowest BCUT2D eigenvalue weighted by atomic mass is 10.1. The van der Waals surface area contributed by atoms with Crippen LogP contribution in [0, 0.1) is 0 Å². The van der Waals surface area contributed by atoms with Crippen molar-refractivity contribution in [2.75, 3.05) is 13.2 Å². The summed E-state index contributed by atoms with van der Waals surface area (Å²) in [4.78, 5) is 18.2. The Kier molecular flexibility index (Phi) is 8.42. The molecule has 1 aromatic rings. The summed E-state index contributed by atoms with van der Waals surface area (Å²) in [6.45, 7) is 7.82. The Hall–Kier alpha value is -1.79. The fraction of sp³-hybridized carbons (Fsp3) is 0.429. The third-order valence-corrected chi connectivity index (χ3v) is 2.35. The molecule has 0 radical (unpaired) electrons. The van der Waals surface area contributed by atoms with Gasteiger partial charge in [0.2, 0.25) is 0 Å². The van der Waals surface area contributed by atoms with Gasteiger partial charge in [-0.1, -0.05) is 23.7 Å². The number of benzene rings is 1. The highest BCUT2D eigenvalue weighted by Crippen LogP contribution is 2.22. The molecule has 1 rings (SSSR count). The monoisotopic (exact) mass is 317 g/mol. The van der Waals surface area contributed by atoms with E-state index in [1.54, 1.807) is 0 Å². The van der Waals surface area contributed by atoms with E-state index >= 15 is 0 Å². The van der Waals surface area contributed by atoms with Gasteiger partial charge >= 0.3 is 11.9 Å². The summed E-state index contributed by atoms with van der Waals surface area (Å²) in [5.74, 6) is -2.90. The molecule has 0 aromatic heterocycles. The first-order chi connectivity index (χ1) is 9.63. The molecule has 1 aromatic carbocycles. The molecule has 0 spiro atoms. The Labute approximate surface area is 128 Å². The maximum Gasteiger partial charge on any atom is 0.414 e. The molecule has 0 amide bonds. The highest BCUT2D eigenvalue weighted by molar-refractivity contribution is 6.32. The average Bonchev–Trinajstić information content (AvgIpc) is 2.36. The quantitative estimate of drug-likeness (QED) is 0.582. The first-order valence-electron chi connectivity index (χ1n) is 6.22. The van der Waals surface area contributed by atoms with Crippen molar-refractivity contribution in [2.24, 2.45) is 0 Å². The van der Waals surface area contributed by atoms with Gasteiger partial charge in [-0.3, -0.25) is 0 Å². The fourth-order valence-electron chi connectivity index (χ4n) is 1.15. The Bertz CT molecular complexity index is 459. The molecule has 0 aliphatic carbocycles. The summed E-state index contributed by atoms with van der Waals surface area (Å²) >= 11 is 5.95. The van der Waals surface area contributed by atoms with Crippen LogP contribution < -0.4 is 10.1 Å². The van der Waals surface area contributed by atoms with Gasteiger partial charge in [-0.25, -0.2) is 9.59 Å². The van der Waals surface area contributed by atoms with Crippen LogP contribution in [0.5, 0.6) is 5.75 Å². The van der Waals surface area contributed by atoms with Crippen molar-refractivity contribution in [3.63, 3.8) is 0 Å². The van der Waals surface area contributed by atoms with Gasteiger partial charge in [-0.2, -0.15) is 0 Å². The second-order valence-corrected chi connectivity index (χ2v) is 5.47. The molecule has 0 heterocycles. The largest absolute Gasteiger partial charge is 0.491 e. The van der Waals surface area contributed by atoms with Crippen LogP contribution in [0.2, 0.25) is 5.02 Å². The van der Waals surface area contributed by atoms with Crippen molar-refractivity contribution in [1.82, 2.24) is 5.32 Å². The molecule has 0 aliphatic rings. The third kappa shape index (κ3) is 10.6. The van der Waals surface area contributed by atoms with E-state index in [1.165, 1.54) is 0 Å². The number of hydrogen-bond donors (Lipinski definition) is 3. The van der Waals surface area contributed by atoms with Gasteiger partial charge in [-0.05, 0) is 32.9 Å². The van der Waals surface area contributed by atoms with E-state index in [2.05, 4.69) is 26.1 Å². The summed E-state index contributed by atoms with van der Waals surface area (Å²) < 4.78 is 5.54. The van der Waals surface area contributed by atoms with Crippen LogP contribution in [0.3, 0.4) is 0 Å². The van der Waals surface area contributed by atoms with E-state index < -0.39 is 11.9 Å². The summed E-state index contributed by atoms with van der Waals surface area (Å²) in [6.07, 6.45) is 0. The van der Waals surface area contributed by atoms with Crippen molar-refractivity contribution < 1.29 is 24.5 Å². The number of para-hydroxylation sites is 1. The second kappa shape index (κ2) is 9.20. The topological polar surface area (TPSA) is 95.9 Å². The Morgan fingerprint density at radius 1 is 1.19 bits per heavy atom. The van der Waals surface area contributed by atoms with Gasteiger partial charge in [-0.15, -0.1) is 0 Å². The van der Waals surface area contributed by atoms with Crippen molar-refractivity contribution in [1.29, 1.82) is 0 Å². The van der Waals surface area contributed by atoms with Crippen LogP contribution >= 0.6 is 11.6 Å². The van der Waals surface area contributed by atoms with Gasteiger partial charge in [0.1, 0.15) is 12.4 Å². The van der Waals surface area contributed by atoms with Crippen LogP contribution in [0.4, 0.5) is 0 Å². The molecule has 118 valence electrons. The molecular formula is C14H20ClNO5. The molecule has 0 unspecified atom stereocenters. The smallest absolute Gasteiger partial charge is 0.414 e. The van der Waals surface area contributed by atoms with Crippen LogP contribution in [-0.4, -0.2) is 40.8 Å². The normalized spacial score (nSPS) is 10.3. The summed E-state index contributed by atoms with van der Waals surface area (Å²) in [5.41, 5.74) is 0.129. The van der Waals surface area contributed by atoms with E-state index in [-0.39, 0.29) is 5.54 Å². The number of halogens is 1. The van der Waals surface area contributed by atoms with Crippen LogP contribution in [0.25, 0.3) is 0 Å². The maximum absolute atomic E-state index is 9.10. The number of carboxylic acid groups (broad SMARTS) is 2. The Morgan fingerprint density at radius 2 is 1.71 bits per heavy atom. The van der Waals surface area contributed by atoms with Gasteiger partial charge < -0.3 is 20.3 Å². The van der Waals surface area contributed by atoms with E-state index in [9.17, 15) is 0 Å². The fourth-order valence-corrected chi connectivity index (χ4v) is 1.34. The molecule has 0 aliphatic heterocycles. The molecule has 7 heteroatoms. The highest BCUT2D eigenvalue weighted by atomic mass is 35.5. The van der Waals surface area contributed by atoms with Crippen molar-refractivity contribution in [2.45, 2.75) is 26.3 Å². The molecule has 0 fully saturated rings. The zero-order valence-corrected chi connectivity index (χ0v) is 13.0. The third-order valence-electron chi connectivity index (χ3n) is 2.03. The number of aliphatic carboxylic acids is 2. The first-order valence-corrected chi connectivity index (χ1v) is 6.60. The number of carbonyl (C=O) groups is 2. The predicted octanol–water partition coefficient (Wildman–Crippen LogP) is 2.26. The molecule has 0 bridgehead atoms. The summed E-state index contributed by atoms with van der Waals surface area (Å²) in [5, 5.41) is 18.8. The molecule has 3 N–H and O–H groups in total. The van der Waals surface area contributed by atoms with Crippen LogP contribution in [0.15, 0.2) is 24.3 Å². The maximum atomic E-state index is 9.10. The molecule has 6 nitrogen and oxygen atoms in total. The molecule has 0 saturated carbocycles.